The number of carbonyl (C=O) groups excluding carboxylic acids is 3. The fourth-order valence-electron chi connectivity index (χ4n) is 2.58. The maximum absolute atomic E-state index is 12.1. The molecule has 0 aliphatic heterocycles. The number of rotatable bonds is 7. The van der Waals surface area contributed by atoms with Crippen LogP contribution in [0.5, 0.6) is 0 Å². The molecule has 9 nitrogen and oxygen atoms in total. The van der Waals surface area contributed by atoms with Gasteiger partial charge in [-0.1, -0.05) is 41.1 Å². The van der Waals surface area contributed by atoms with Gasteiger partial charge < -0.3 is 20.7 Å². The first-order chi connectivity index (χ1) is 14.8. The number of hydrogen-bond acceptors (Lipinski definition) is 6. The Morgan fingerprint density at radius 3 is 2.74 bits per heavy atom. The molecule has 0 atom stereocenters. The molecule has 0 spiro atoms. The van der Waals surface area contributed by atoms with Crippen molar-refractivity contribution in [3.8, 4) is 0 Å². The zero-order valence-electron chi connectivity index (χ0n) is 16.6. The normalized spacial score (nSPS) is 10.5. The number of likely N-dealkylation sites (N-methyl/N-ethyl adjacent to an activating group) is 1. The van der Waals surface area contributed by atoms with E-state index in [-0.39, 0.29) is 19.2 Å². The van der Waals surface area contributed by atoms with Gasteiger partial charge in [-0.2, -0.15) is 0 Å². The van der Waals surface area contributed by atoms with E-state index in [0.717, 1.165) is 5.56 Å². The van der Waals surface area contributed by atoms with Crippen molar-refractivity contribution in [2.45, 2.75) is 6.54 Å². The van der Waals surface area contributed by atoms with Crippen LogP contribution in [0.3, 0.4) is 0 Å². The van der Waals surface area contributed by atoms with Crippen LogP contribution in [0, 0.1) is 0 Å². The number of fused-ring (bicyclic) bond motifs is 1. The Morgan fingerprint density at radius 2 is 2.00 bits per heavy atom. The van der Waals surface area contributed by atoms with Crippen LogP contribution in [0.2, 0.25) is 5.02 Å². The molecule has 0 fully saturated rings. The number of anilines is 1. The average molecular weight is 462 g/mol. The number of amides is 4. The maximum atomic E-state index is 12.1. The van der Waals surface area contributed by atoms with E-state index in [1.165, 1.54) is 16.2 Å². The standard InChI is InChI=1S/C20H20ClN5O4S/c1-26(19(28)23-11-13-4-2-3-5-14(13)21)8-9-30-20(29)25-18-24-15-7-6-12(17(22)27)10-16(15)31-18/h2-7,10H,8-9,11H2,1H3,(H2,22,27)(H,23,28)(H,24,25,29). The molecule has 11 heteroatoms. The van der Waals surface area contributed by atoms with Gasteiger partial charge in [0.25, 0.3) is 0 Å². The third-order valence-corrected chi connectivity index (χ3v) is 5.58. The van der Waals surface area contributed by atoms with Gasteiger partial charge in [0.1, 0.15) is 6.61 Å². The minimum atomic E-state index is -0.695. The number of carbonyl (C=O) groups is 3. The van der Waals surface area contributed by atoms with Crippen LogP contribution >= 0.6 is 22.9 Å². The molecule has 4 amide bonds. The lowest BCUT2D eigenvalue weighted by atomic mass is 10.2. The highest BCUT2D eigenvalue weighted by Gasteiger charge is 2.13. The molecule has 1 aromatic heterocycles. The highest BCUT2D eigenvalue weighted by Crippen LogP contribution is 2.26. The van der Waals surface area contributed by atoms with Gasteiger partial charge in [0, 0.05) is 24.2 Å². The first-order valence-electron chi connectivity index (χ1n) is 9.20. The van der Waals surface area contributed by atoms with Gasteiger partial charge in [-0.15, -0.1) is 0 Å². The number of ether oxygens (including phenoxy) is 1. The van der Waals surface area contributed by atoms with Crippen LogP contribution in [0.25, 0.3) is 10.2 Å². The van der Waals surface area contributed by atoms with Crippen molar-refractivity contribution in [2.75, 3.05) is 25.5 Å². The van der Waals surface area contributed by atoms with Crippen molar-refractivity contribution in [3.63, 3.8) is 0 Å². The molecule has 0 saturated carbocycles. The summed E-state index contributed by atoms with van der Waals surface area (Å²) in [7, 11) is 1.59. The lowest BCUT2D eigenvalue weighted by molar-refractivity contribution is 0.100. The monoisotopic (exact) mass is 461 g/mol. The van der Waals surface area contributed by atoms with Crippen molar-refractivity contribution in [3.05, 3.63) is 58.6 Å². The second-order valence-electron chi connectivity index (χ2n) is 6.50. The van der Waals surface area contributed by atoms with Gasteiger partial charge in [0.05, 0.1) is 16.8 Å². The minimum absolute atomic E-state index is 0.00142. The maximum Gasteiger partial charge on any atom is 0.413 e. The van der Waals surface area contributed by atoms with E-state index in [2.05, 4.69) is 15.6 Å². The van der Waals surface area contributed by atoms with E-state index >= 15 is 0 Å². The number of nitrogens with one attached hydrogen (secondary N) is 2. The summed E-state index contributed by atoms with van der Waals surface area (Å²) in [5.74, 6) is -0.538. The Bertz CT molecular complexity index is 1120. The van der Waals surface area contributed by atoms with Crippen molar-refractivity contribution in [1.82, 2.24) is 15.2 Å². The SMILES string of the molecule is CN(CCOC(=O)Nc1nc2ccc(C(N)=O)cc2s1)C(=O)NCc1ccccc1Cl. The second-order valence-corrected chi connectivity index (χ2v) is 7.94. The van der Waals surface area contributed by atoms with E-state index in [0.29, 0.717) is 32.5 Å². The van der Waals surface area contributed by atoms with Gasteiger partial charge in [-0.05, 0) is 29.8 Å². The summed E-state index contributed by atoms with van der Waals surface area (Å²) in [5.41, 5.74) is 7.06. The van der Waals surface area contributed by atoms with Crippen molar-refractivity contribution >= 4 is 56.3 Å². The molecule has 162 valence electrons. The smallest absolute Gasteiger partial charge is 0.413 e. The van der Waals surface area contributed by atoms with E-state index < -0.39 is 12.0 Å². The van der Waals surface area contributed by atoms with Gasteiger partial charge in [-0.25, -0.2) is 14.6 Å². The molecule has 2 aromatic carbocycles. The van der Waals surface area contributed by atoms with Crippen molar-refractivity contribution in [2.24, 2.45) is 5.73 Å². The summed E-state index contributed by atoms with van der Waals surface area (Å²) >= 11 is 7.26. The van der Waals surface area contributed by atoms with Crippen LogP contribution in [0.4, 0.5) is 14.7 Å². The molecule has 0 bridgehead atoms. The van der Waals surface area contributed by atoms with E-state index in [9.17, 15) is 14.4 Å². The zero-order chi connectivity index (χ0) is 22.4. The molecule has 0 aliphatic carbocycles. The topological polar surface area (TPSA) is 127 Å². The minimum Gasteiger partial charge on any atom is -0.447 e. The Labute approximate surface area is 187 Å². The summed E-state index contributed by atoms with van der Waals surface area (Å²) in [6, 6.07) is 11.7. The number of aromatic nitrogens is 1. The highest BCUT2D eigenvalue weighted by molar-refractivity contribution is 7.22. The molecule has 0 saturated heterocycles. The average Bonchev–Trinajstić information content (AvgIpc) is 3.14. The largest absolute Gasteiger partial charge is 0.447 e. The predicted octanol–water partition coefficient (Wildman–Crippen LogP) is 3.44. The summed E-state index contributed by atoms with van der Waals surface area (Å²) in [5, 5.41) is 6.18. The molecule has 3 aromatic rings. The van der Waals surface area contributed by atoms with Crippen molar-refractivity contribution < 1.29 is 19.1 Å². The summed E-state index contributed by atoms with van der Waals surface area (Å²) in [6.07, 6.45) is -0.695. The fraction of sp³-hybridized carbons (Fsp3) is 0.200. The van der Waals surface area contributed by atoms with Crippen LogP contribution in [0.15, 0.2) is 42.5 Å². The Morgan fingerprint density at radius 1 is 1.23 bits per heavy atom. The third kappa shape index (κ3) is 6.06. The first kappa shape index (κ1) is 22.3. The van der Waals surface area contributed by atoms with Crippen LogP contribution in [-0.4, -0.2) is 48.1 Å². The molecule has 0 aliphatic rings. The van der Waals surface area contributed by atoms with Crippen LogP contribution in [0.1, 0.15) is 15.9 Å². The molecule has 3 rings (SSSR count). The number of nitrogens with zero attached hydrogens (tertiary/aromatic N) is 2. The van der Waals surface area contributed by atoms with Crippen molar-refractivity contribution in [1.29, 1.82) is 0 Å². The zero-order valence-corrected chi connectivity index (χ0v) is 18.1. The van der Waals surface area contributed by atoms with E-state index in [4.69, 9.17) is 22.1 Å². The molecular weight excluding hydrogens is 442 g/mol. The first-order valence-corrected chi connectivity index (χ1v) is 10.4. The summed E-state index contributed by atoms with van der Waals surface area (Å²) < 4.78 is 5.82. The number of halogens is 1. The van der Waals surface area contributed by atoms with Gasteiger partial charge in [-0.3, -0.25) is 10.1 Å². The van der Waals surface area contributed by atoms with Crippen LogP contribution in [-0.2, 0) is 11.3 Å². The molecular formula is C20H20ClN5O4S. The van der Waals surface area contributed by atoms with Crippen LogP contribution < -0.4 is 16.4 Å². The lowest BCUT2D eigenvalue weighted by Gasteiger charge is -2.18. The Balaban J connectivity index is 1.43. The van der Waals surface area contributed by atoms with E-state index in [1.54, 1.807) is 31.3 Å². The number of benzene rings is 2. The lowest BCUT2D eigenvalue weighted by Crippen LogP contribution is -2.39. The molecule has 1 heterocycles. The number of primary amides is 1. The Hall–Kier alpha value is -3.37. The fourth-order valence-corrected chi connectivity index (χ4v) is 3.67. The van der Waals surface area contributed by atoms with Gasteiger partial charge in [0.15, 0.2) is 5.13 Å². The van der Waals surface area contributed by atoms with Gasteiger partial charge >= 0.3 is 12.1 Å². The summed E-state index contributed by atoms with van der Waals surface area (Å²) in [4.78, 5) is 41.0. The Kier molecular flexibility index (Phi) is 7.27. The number of thiazole rings is 1. The number of nitrogens with two attached hydrogens (primary N) is 1. The molecule has 4 N–H and O–H groups in total. The van der Waals surface area contributed by atoms with Gasteiger partial charge in [0.2, 0.25) is 5.91 Å². The van der Waals surface area contributed by atoms with E-state index in [1.807, 2.05) is 18.2 Å². The number of hydrogen-bond donors (Lipinski definition) is 3. The molecule has 31 heavy (non-hydrogen) atoms. The number of urea groups is 1. The predicted molar refractivity (Wildman–Crippen MR) is 119 cm³/mol. The molecule has 0 unspecified atom stereocenters. The molecule has 0 radical (unpaired) electrons. The quantitative estimate of drug-likeness (QED) is 0.496. The second kappa shape index (κ2) is 10.1. The third-order valence-electron chi connectivity index (χ3n) is 4.28. The summed E-state index contributed by atoms with van der Waals surface area (Å²) in [6.45, 7) is 0.488. The highest BCUT2D eigenvalue weighted by atomic mass is 35.5.